The Hall–Kier alpha value is -2.07. The highest BCUT2D eigenvalue weighted by Gasteiger charge is 2.17. The van der Waals surface area contributed by atoms with Gasteiger partial charge in [0.05, 0.1) is 5.56 Å². The molecule has 1 aromatic heterocycles. The molecule has 4 nitrogen and oxygen atoms in total. The number of hydrogen-bond donors (Lipinski definition) is 2. The number of hydrogen-bond acceptors (Lipinski definition) is 3. The molecule has 0 atom stereocenters. The zero-order chi connectivity index (χ0) is 16.8. The number of carbonyl (C=O) groups excluding carboxylic acids is 1. The molecule has 0 saturated heterocycles. The van der Waals surface area contributed by atoms with Crippen molar-refractivity contribution in [3.8, 4) is 0 Å². The first-order valence-corrected chi connectivity index (χ1v) is 8.86. The summed E-state index contributed by atoms with van der Waals surface area (Å²) in [5, 5.41) is 6.88. The lowest BCUT2D eigenvalue weighted by atomic mass is 9.89. The van der Waals surface area contributed by atoms with Gasteiger partial charge in [-0.15, -0.1) is 0 Å². The van der Waals surface area contributed by atoms with Gasteiger partial charge in [-0.2, -0.15) is 0 Å². The molecule has 0 aliphatic heterocycles. The molecule has 2 N–H and O–H groups in total. The SMILES string of the molecule is O=C(NCC1CCCCC1)c1cccnc1Nc1cccc(Cl)c1. The zero-order valence-electron chi connectivity index (χ0n) is 13.6. The Kier molecular flexibility index (Phi) is 5.70. The number of amides is 1. The normalized spacial score (nSPS) is 15.0. The van der Waals surface area contributed by atoms with Crippen molar-refractivity contribution in [2.24, 2.45) is 5.92 Å². The number of aromatic nitrogens is 1. The van der Waals surface area contributed by atoms with Crippen molar-refractivity contribution in [3.05, 3.63) is 53.2 Å². The van der Waals surface area contributed by atoms with Crippen LogP contribution in [0.5, 0.6) is 0 Å². The van der Waals surface area contributed by atoms with E-state index in [-0.39, 0.29) is 5.91 Å². The third kappa shape index (κ3) is 4.48. The number of nitrogens with one attached hydrogen (secondary N) is 2. The van der Waals surface area contributed by atoms with E-state index in [4.69, 9.17) is 11.6 Å². The Labute approximate surface area is 147 Å². The van der Waals surface area contributed by atoms with E-state index in [1.54, 1.807) is 24.4 Å². The minimum Gasteiger partial charge on any atom is -0.352 e. The van der Waals surface area contributed by atoms with Gasteiger partial charge in [-0.05, 0) is 49.1 Å². The van der Waals surface area contributed by atoms with Crippen molar-refractivity contribution < 1.29 is 4.79 Å². The Morgan fingerprint density at radius 1 is 1.17 bits per heavy atom. The first-order valence-electron chi connectivity index (χ1n) is 8.48. The highest BCUT2D eigenvalue weighted by Crippen LogP contribution is 2.24. The lowest BCUT2D eigenvalue weighted by Gasteiger charge is -2.22. The molecule has 0 radical (unpaired) electrons. The molecule has 1 amide bonds. The van der Waals surface area contributed by atoms with Crippen LogP contribution in [0.15, 0.2) is 42.6 Å². The predicted molar refractivity (Wildman–Crippen MR) is 97.9 cm³/mol. The van der Waals surface area contributed by atoms with Gasteiger partial charge in [-0.3, -0.25) is 4.79 Å². The molecule has 1 aliphatic carbocycles. The summed E-state index contributed by atoms with van der Waals surface area (Å²) in [7, 11) is 0. The van der Waals surface area contributed by atoms with Crippen LogP contribution in [0.25, 0.3) is 0 Å². The average molecular weight is 344 g/mol. The van der Waals surface area contributed by atoms with E-state index in [9.17, 15) is 4.79 Å². The van der Waals surface area contributed by atoms with Gasteiger partial charge in [-0.25, -0.2) is 4.98 Å². The van der Waals surface area contributed by atoms with Crippen molar-refractivity contribution in [3.63, 3.8) is 0 Å². The number of carbonyl (C=O) groups is 1. The Morgan fingerprint density at radius 2 is 2.00 bits per heavy atom. The molecule has 1 aliphatic rings. The van der Waals surface area contributed by atoms with Gasteiger partial charge in [0, 0.05) is 23.5 Å². The second-order valence-electron chi connectivity index (χ2n) is 6.25. The second kappa shape index (κ2) is 8.15. The first kappa shape index (κ1) is 16.8. The van der Waals surface area contributed by atoms with Gasteiger partial charge in [0.1, 0.15) is 5.82 Å². The number of nitrogens with zero attached hydrogens (tertiary/aromatic N) is 1. The van der Waals surface area contributed by atoms with E-state index in [0.717, 1.165) is 12.2 Å². The van der Waals surface area contributed by atoms with Crippen LogP contribution in [-0.4, -0.2) is 17.4 Å². The van der Waals surface area contributed by atoms with Gasteiger partial charge in [0.15, 0.2) is 0 Å². The molecule has 0 spiro atoms. The standard InChI is InChI=1S/C19H22ClN3O/c20-15-8-4-9-16(12-15)23-18-17(10-5-11-21-18)19(24)22-13-14-6-2-1-3-7-14/h4-5,8-12,14H,1-3,6-7,13H2,(H,21,23)(H,22,24). The Balaban J connectivity index is 1.67. The van der Waals surface area contributed by atoms with Crippen molar-refractivity contribution in [2.75, 3.05) is 11.9 Å². The lowest BCUT2D eigenvalue weighted by molar-refractivity contribution is 0.0944. The van der Waals surface area contributed by atoms with Crippen molar-refractivity contribution in [2.45, 2.75) is 32.1 Å². The van der Waals surface area contributed by atoms with E-state index in [1.165, 1.54) is 32.1 Å². The van der Waals surface area contributed by atoms with E-state index in [0.29, 0.717) is 22.3 Å². The quantitative estimate of drug-likeness (QED) is 0.820. The summed E-state index contributed by atoms with van der Waals surface area (Å²) in [6.45, 7) is 0.740. The van der Waals surface area contributed by atoms with Gasteiger partial charge < -0.3 is 10.6 Å². The van der Waals surface area contributed by atoms with Crippen LogP contribution in [-0.2, 0) is 0 Å². The fourth-order valence-electron chi connectivity index (χ4n) is 3.11. The van der Waals surface area contributed by atoms with Crippen LogP contribution in [0.2, 0.25) is 5.02 Å². The summed E-state index contributed by atoms with van der Waals surface area (Å²) in [6, 6.07) is 10.9. The second-order valence-corrected chi connectivity index (χ2v) is 6.69. The third-order valence-corrected chi connectivity index (χ3v) is 4.65. The average Bonchev–Trinajstić information content (AvgIpc) is 2.61. The smallest absolute Gasteiger partial charge is 0.255 e. The molecular weight excluding hydrogens is 322 g/mol. The van der Waals surface area contributed by atoms with Crippen LogP contribution >= 0.6 is 11.6 Å². The fourth-order valence-corrected chi connectivity index (χ4v) is 3.30. The molecule has 3 rings (SSSR count). The number of benzene rings is 1. The van der Waals surface area contributed by atoms with E-state index in [1.807, 2.05) is 18.2 Å². The summed E-state index contributed by atoms with van der Waals surface area (Å²) in [4.78, 5) is 16.9. The summed E-state index contributed by atoms with van der Waals surface area (Å²) in [6.07, 6.45) is 7.96. The Morgan fingerprint density at radius 3 is 2.79 bits per heavy atom. The lowest BCUT2D eigenvalue weighted by Crippen LogP contribution is -2.30. The highest BCUT2D eigenvalue weighted by atomic mass is 35.5. The van der Waals surface area contributed by atoms with Gasteiger partial charge in [-0.1, -0.05) is 36.9 Å². The molecule has 126 valence electrons. The largest absolute Gasteiger partial charge is 0.352 e. The molecular formula is C19H22ClN3O. The minimum absolute atomic E-state index is 0.0850. The number of halogens is 1. The molecule has 1 saturated carbocycles. The van der Waals surface area contributed by atoms with E-state index < -0.39 is 0 Å². The van der Waals surface area contributed by atoms with Gasteiger partial charge in [0.2, 0.25) is 0 Å². The van der Waals surface area contributed by atoms with Crippen LogP contribution in [0.4, 0.5) is 11.5 Å². The monoisotopic (exact) mass is 343 g/mol. The van der Waals surface area contributed by atoms with E-state index >= 15 is 0 Å². The van der Waals surface area contributed by atoms with Gasteiger partial charge >= 0.3 is 0 Å². The summed E-state index contributed by atoms with van der Waals surface area (Å²) in [5.41, 5.74) is 1.36. The zero-order valence-corrected chi connectivity index (χ0v) is 14.4. The maximum atomic E-state index is 12.5. The molecule has 1 heterocycles. The predicted octanol–water partition coefficient (Wildman–Crippen LogP) is 4.79. The summed E-state index contributed by atoms with van der Waals surface area (Å²) < 4.78 is 0. The number of rotatable bonds is 5. The summed E-state index contributed by atoms with van der Waals surface area (Å²) in [5.74, 6) is 1.06. The third-order valence-electron chi connectivity index (χ3n) is 4.42. The van der Waals surface area contributed by atoms with Crippen LogP contribution < -0.4 is 10.6 Å². The summed E-state index contributed by atoms with van der Waals surface area (Å²) >= 11 is 6.01. The van der Waals surface area contributed by atoms with Crippen molar-refractivity contribution >= 4 is 29.0 Å². The van der Waals surface area contributed by atoms with Gasteiger partial charge in [0.25, 0.3) is 5.91 Å². The highest BCUT2D eigenvalue weighted by molar-refractivity contribution is 6.30. The topological polar surface area (TPSA) is 54.0 Å². The molecule has 5 heteroatoms. The van der Waals surface area contributed by atoms with Crippen molar-refractivity contribution in [1.29, 1.82) is 0 Å². The molecule has 24 heavy (non-hydrogen) atoms. The van der Waals surface area contributed by atoms with E-state index in [2.05, 4.69) is 15.6 Å². The first-order chi connectivity index (χ1) is 11.7. The van der Waals surface area contributed by atoms with Crippen LogP contribution in [0.3, 0.4) is 0 Å². The number of pyridine rings is 1. The molecule has 1 fully saturated rings. The van der Waals surface area contributed by atoms with Crippen LogP contribution in [0, 0.1) is 5.92 Å². The fraction of sp³-hybridized carbons (Fsp3) is 0.368. The van der Waals surface area contributed by atoms with Crippen molar-refractivity contribution in [1.82, 2.24) is 10.3 Å². The maximum Gasteiger partial charge on any atom is 0.255 e. The maximum absolute atomic E-state index is 12.5. The number of anilines is 2. The minimum atomic E-state index is -0.0850. The molecule has 1 aromatic carbocycles. The van der Waals surface area contributed by atoms with Crippen LogP contribution in [0.1, 0.15) is 42.5 Å². The molecule has 0 unspecified atom stereocenters. The molecule has 0 bridgehead atoms. The Bertz CT molecular complexity index is 699. The molecule has 2 aromatic rings.